The van der Waals surface area contributed by atoms with Crippen LogP contribution in [0.15, 0.2) is 432 Å². The van der Waals surface area contributed by atoms with Gasteiger partial charge in [0.05, 0.1) is 0 Å². The molecule has 17 aliphatic carbocycles. The Labute approximate surface area is 853 Å². The van der Waals surface area contributed by atoms with Crippen molar-refractivity contribution in [2.45, 2.75) is 87.9 Å². The minimum absolute atomic E-state index is 0.0109. The van der Waals surface area contributed by atoms with Crippen LogP contribution in [0.2, 0.25) is 0 Å². The van der Waals surface area contributed by atoms with E-state index in [0.29, 0.717) is 76.0 Å². The zero-order valence-corrected chi connectivity index (χ0v) is 84.4. The van der Waals surface area contributed by atoms with Crippen molar-refractivity contribution >= 4 is 125 Å². The maximum Gasteiger partial charge on any atom is 0.489 e. The summed E-state index contributed by atoms with van der Waals surface area (Å²) in [6.07, 6.45) is 67.0. The molecular weight excluding hydrogens is 1950 g/mol. The van der Waals surface area contributed by atoms with E-state index in [4.69, 9.17) is 0 Å². The average molecular weight is 2050 g/mol. The number of fused-ring (bicyclic) bond motifs is 29. The first-order valence-corrected chi connectivity index (χ1v) is 52.4. The van der Waals surface area contributed by atoms with E-state index in [1.165, 1.54) is 171 Å². The molecule has 0 aromatic heterocycles. The van der Waals surface area contributed by atoms with Crippen LogP contribution in [0, 0.1) is 56.8 Å². The van der Waals surface area contributed by atoms with Gasteiger partial charge in [0.25, 0.3) is 0 Å². The van der Waals surface area contributed by atoms with Crippen LogP contribution < -0.4 is 5.46 Å². The van der Waals surface area contributed by atoms with Crippen LogP contribution in [0.25, 0.3) is 84.2 Å². The summed E-state index contributed by atoms with van der Waals surface area (Å²) < 4.78 is 3.62. The van der Waals surface area contributed by atoms with Gasteiger partial charge in [0.2, 0.25) is 0 Å². The van der Waals surface area contributed by atoms with Crippen molar-refractivity contribution in [2.75, 3.05) is 0 Å². The fourth-order valence-corrected chi connectivity index (χ4v) is 28.3. The van der Waals surface area contributed by atoms with E-state index in [1.54, 1.807) is 11.1 Å². The van der Waals surface area contributed by atoms with E-state index in [9.17, 15) is 20.1 Å². The lowest BCUT2D eigenvalue weighted by Crippen LogP contribution is -2.32. The molecule has 13 unspecified atom stereocenters. The monoisotopic (exact) mass is 2050 g/mol. The van der Waals surface area contributed by atoms with Crippen molar-refractivity contribution < 1.29 is 20.1 Å². The second-order valence-corrected chi connectivity index (χ2v) is 45.1. The van der Waals surface area contributed by atoms with Gasteiger partial charge in [-0.25, -0.2) is 0 Å². The molecule has 4 nitrogen and oxygen atoms in total. The highest BCUT2D eigenvalue weighted by molar-refractivity contribution is 14.1. The fourth-order valence-electron chi connectivity index (χ4n) is 27.1. The standard InChI is InChI=1S/C49H38.C33H27Br.C18H15BO2.C16H13BO2.C15H12BrI/c1-49(2)45-27-30(33-24-25-43-36-13-6-5-12-35(36)42-17-9-16-40(33)48(42)43)20-22-38(45)39-23-21-31(28-46(39)49)44-26-32-19-18-29-10-3-4-11-34(29)47(32)41-15-8-7-14-37(41)44;1-33(2)30-18-21(13-15-26(30)27-16-14-23(34)19-31(27)33)29-17-22-12-11-20-7-3-4-8-24(20)32(22)28-10-6-5-9-25(28)29;20-19(21)17-11-13-10-9-12-5-1-2-6-14(12)18(13)16-8-4-3-7-15(16)17;18-17(19)15-9-8-13-11-5-2-1-4-10(11)12-6-3-7-14(15)16(12)13;1-15(2)13-7-9(16)3-5-11(13)12-6-4-10(17)8-14(12)15/h3-16,18-28,32,42-43,47-48H,17H2,1-2H3;3-20,24-25,28H,1-2H3;1-12,14,20-21H;1-9,14,16,18-19H;3-8H,1-2H3. The van der Waals surface area contributed by atoms with Crippen molar-refractivity contribution in [3.05, 3.63) is 541 Å². The van der Waals surface area contributed by atoms with Gasteiger partial charge in [-0.15, -0.1) is 0 Å². The lowest BCUT2D eigenvalue weighted by atomic mass is 9.62. The van der Waals surface area contributed by atoms with Gasteiger partial charge in [-0.3, -0.25) is 0 Å². The Morgan fingerprint density at radius 1 is 0.350 bits per heavy atom. The second kappa shape index (κ2) is 34.8. The highest BCUT2D eigenvalue weighted by atomic mass is 127. The summed E-state index contributed by atoms with van der Waals surface area (Å²) in [7, 11) is -2.83. The molecule has 12 aromatic carbocycles. The van der Waals surface area contributed by atoms with Crippen LogP contribution in [-0.2, 0) is 16.2 Å². The molecule has 140 heavy (non-hydrogen) atoms. The fraction of sp³-hybridized carbons (Fsp3) is 0.176. The SMILES string of the molecule is CC1(C)c2cc(Br)ccc2-c2ccc(C3=CC4=C(C5C=CC=CC5C=C4)C4C=CC=CC34)cc21.CC1(C)c2cc(Br)ccc2-c2ccc(I)cc21.CC1(C)c2cc(C3=CC4C=Cc5ccccc5C4c4ccccc43)ccc2-c2ccc(C3=C4C=CCC5c6ccccc6C(C=C3)C45)cc21.OB(O)C1=CC=C2c3ccccc3C3=CC=CC1C32.OB(O)c1cc2c(c3ccccc13)C1C=CC=CC1C=C2. The third kappa shape index (κ3) is 14.5. The van der Waals surface area contributed by atoms with Gasteiger partial charge in [-0.2, -0.15) is 0 Å². The summed E-state index contributed by atoms with van der Waals surface area (Å²) in [4.78, 5) is 0. The number of halogens is 3. The maximum absolute atomic E-state index is 9.66. The topological polar surface area (TPSA) is 80.9 Å². The highest BCUT2D eigenvalue weighted by Gasteiger charge is 2.48. The van der Waals surface area contributed by atoms with Crippen LogP contribution in [0.4, 0.5) is 0 Å². The Morgan fingerprint density at radius 2 is 0.864 bits per heavy atom. The highest BCUT2D eigenvalue weighted by Crippen LogP contribution is 2.62. The third-order valence-corrected chi connectivity index (χ3v) is 35.4. The van der Waals surface area contributed by atoms with Crippen LogP contribution >= 0.6 is 54.5 Å². The number of hydrogen-bond donors (Lipinski definition) is 4. The molecule has 4 N–H and O–H groups in total. The van der Waals surface area contributed by atoms with Crippen LogP contribution in [0.3, 0.4) is 0 Å². The van der Waals surface area contributed by atoms with Gasteiger partial charge in [0, 0.05) is 99.8 Å². The molecule has 13 atom stereocenters. The first-order chi connectivity index (χ1) is 68.1. The van der Waals surface area contributed by atoms with E-state index in [-0.39, 0.29) is 28.1 Å². The molecule has 0 saturated heterocycles. The molecular formula is C131H105B2Br2IO4. The molecule has 9 heteroatoms. The molecule has 0 heterocycles. The molecule has 0 aliphatic heterocycles. The molecule has 12 aromatic rings. The minimum Gasteiger partial charge on any atom is -0.423 e. The molecule has 0 spiro atoms. The molecule has 0 radical (unpaired) electrons. The molecule has 0 bridgehead atoms. The van der Waals surface area contributed by atoms with Crippen molar-refractivity contribution in [3.63, 3.8) is 0 Å². The van der Waals surface area contributed by atoms with Crippen molar-refractivity contribution in [1.29, 1.82) is 0 Å². The summed E-state index contributed by atoms with van der Waals surface area (Å²) in [5.41, 5.74) is 47.1. The van der Waals surface area contributed by atoms with Crippen LogP contribution in [0.1, 0.15) is 177 Å². The normalized spacial score (nSPS) is 24.6. The Balaban J connectivity index is 0.0000000986. The Kier molecular flexibility index (Phi) is 22.1. The third-order valence-electron chi connectivity index (χ3n) is 33.7. The van der Waals surface area contributed by atoms with Gasteiger partial charge in [-0.05, 0) is 295 Å². The van der Waals surface area contributed by atoms with Gasteiger partial charge >= 0.3 is 14.2 Å². The summed E-state index contributed by atoms with van der Waals surface area (Å²) in [5, 5.41) is 40.4. The number of hydrogen-bond acceptors (Lipinski definition) is 4. The number of allylic oxidation sites excluding steroid dienone is 35. The second-order valence-electron chi connectivity index (χ2n) is 42.0. The van der Waals surface area contributed by atoms with E-state index in [0.717, 1.165) is 31.7 Å². The van der Waals surface area contributed by atoms with Gasteiger partial charge in [-0.1, -0.05) is 432 Å². The molecule has 29 rings (SSSR count). The van der Waals surface area contributed by atoms with Crippen molar-refractivity contribution in [1.82, 2.24) is 0 Å². The zero-order valence-electron chi connectivity index (χ0n) is 79.0. The quantitative estimate of drug-likeness (QED) is 0.102. The van der Waals surface area contributed by atoms with Gasteiger partial charge < -0.3 is 20.1 Å². The molecule has 17 aliphatic rings. The number of benzene rings is 12. The van der Waals surface area contributed by atoms with E-state index < -0.39 is 14.2 Å². The van der Waals surface area contributed by atoms with E-state index in [1.807, 2.05) is 42.5 Å². The largest absolute Gasteiger partial charge is 0.489 e. The Hall–Kier alpha value is -12.4. The van der Waals surface area contributed by atoms with Crippen molar-refractivity contribution in [3.8, 4) is 33.4 Å². The Bertz CT molecular complexity index is 7960. The van der Waals surface area contributed by atoms with Gasteiger partial charge in [0.1, 0.15) is 0 Å². The molecule has 0 saturated carbocycles. The predicted molar refractivity (Wildman–Crippen MR) is 598 cm³/mol. The minimum atomic E-state index is -1.45. The summed E-state index contributed by atoms with van der Waals surface area (Å²) in [6, 6.07) is 87.3. The zero-order chi connectivity index (χ0) is 95.0. The van der Waals surface area contributed by atoms with Crippen LogP contribution in [0.5, 0.6) is 0 Å². The van der Waals surface area contributed by atoms with Crippen LogP contribution in [-0.4, -0.2) is 34.3 Å². The maximum atomic E-state index is 9.66. The number of rotatable bonds is 5. The molecule has 0 fully saturated rings. The molecule has 0 amide bonds. The predicted octanol–water partition coefficient (Wildman–Crippen LogP) is 30.7. The average Bonchev–Trinajstić information content (AvgIpc) is 1.43. The molecule has 680 valence electrons. The summed E-state index contributed by atoms with van der Waals surface area (Å²) in [5.74, 6) is 5.10. The summed E-state index contributed by atoms with van der Waals surface area (Å²) >= 11 is 9.65. The van der Waals surface area contributed by atoms with Gasteiger partial charge in [0.15, 0.2) is 0 Å². The van der Waals surface area contributed by atoms with E-state index in [2.05, 4.69) is 466 Å². The van der Waals surface area contributed by atoms with Crippen molar-refractivity contribution in [2.24, 2.45) is 53.3 Å². The first-order valence-electron chi connectivity index (χ1n) is 49.8. The summed E-state index contributed by atoms with van der Waals surface area (Å²) in [6.45, 7) is 14.2. The lowest BCUT2D eigenvalue weighted by molar-refractivity contribution is 0.409. The Morgan fingerprint density at radius 3 is 1.55 bits per heavy atom. The first kappa shape index (κ1) is 89.0. The lowest BCUT2D eigenvalue weighted by Gasteiger charge is -2.40. The smallest absolute Gasteiger partial charge is 0.423 e. The van der Waals surface area contributed by atoms with E-state index >= 15 is 0 Å².